The topological polar surface area (TPSA) is 75.7 Å². The van der Waals surface area contributed by atoms with E-state index >= 15 is 0 Å². The van der Waals surface area contributed by atoms with Crippen molar-refractivity contribution in [3.05, 3.63) is 59.7 Å². The minimum Gasteiger partial charge on any atom is -0.507 e. The standard InChI is InChI=1S/C15H14N2O2/c16-9-15(19)11-5-7-13(8-6-11)17-10-12-3-1-2-4-14(12)18/h1-8,10,18H,9,16H2. The largest absolute Gasteiger partial charge is 0.507 e. The number of para-hydroxylation sites is 1. The summed E-state index contributed by atoms with van der Waals surface area (Å²) in [5, 5.41) is 9.59. The van der Waals surface area contributed by atoms with Crippen molar-refractivity contribution < 1.29 is 9.90 Å². The maximum atomic E-state index is 11.4. The van der Waals surface area contributed by atoms with Crippen molar-refractivity contribution in [2.75, 3.05) is 6.54 Å². The van der Waals surface area contributed by atoms with Gasteiger partial charge in [-0.3, -0.25) is 9.79 Å². The van der Waals surface area contributed by atoms with Crippen molar-refractivity contribution in [2.24, 2.45) is 10.7 Å². The molecule has 0 aliphatic heterocycles. The molecule has 0 fully saturated rings. The maximum absolute atomic E-state index is 11.4. The van der Waals surface area contributed by atoms with Gasteiger partial charge in [0.15, 0.2) is 5.78 Å². The fourth-order valence-electron chi connectivity index (χ4n) is 1.59. The Hall–Kier alpha value is -2.46. The van der Waals surface area contributed by atoms with E-state index in [1.54, 1.807) is 48.7 Å². The molecular weight excluding hydrogens is 240 g/mol. The molecule has 2 aromatic carbocycles. The highest BCUT2D eigenvalue weighted by molar-refractivity contribution is 5.97. The van der Waals surface area contributed by atoms with Crippen LogP contribution in [0.1, 0.15) is 15.9 Å². The number of hydrogen-bond acceptors (Lipinski definition) is 4. The molecule has 0 unspecified atom stereocenters. The number of phenols is 1. The van der Waals surface area contributed by atoms with Crippen LogP contribution in [0.2, 0.25) is 0 Å². The molecule has 2 aromatic rings. The van der Waals surface area contributed by atoms with Crippen LogP contribution in [0.3, 0.4) is 0 Å². The molecule has 0 saturated heterocycles. The van der Waals surface area contributed by atoms with Gasteiger partial charge in [0.1, 0.15) is 5.75 Å². The third kappa shape index (κ3) is 3.26. The Balaban J connectivity index is 2.16. The number of carbonyl (C=O) groups excluding carboxylic acids is 1. The van der Waals surface area contributed by atoms with Gasteiger partial charge in [-0.25, -0.2) is 0 Å². The van der Waals surface area contributed by atoms with Gasteiger partial charge in [0, 0.05) is 17.3 Å². The van der Waals surface area contributed by atoms with E-state index in [1.807, 2.05) is 6.07 Å². The lowest BCUT2D eigenvalue weighted by Gasteiger charge is -1.99. The summed E-state index contributed by atoms with van der Waals surface area (Å²) < 4.78 is 0. The highest BCUT2D eigenvalue weighted by atomic mass is 16.3. The number of aromatic hydroxyl groups is 1. The number of hydrogen-bond donors (Lipinski definition) is 2. The van der Waals surface area contributed by atoms with Gasteiger partial charge in [0.05, 0.1) is 12.2 Å². The summed E-state index contributed by atoms with van der Waals surface area (Å²) in [4.78, 5) is 15.6. The van der Waals surface area contributed by atoms with E-state index in [1.165, 1.54) is 0 Å². The molecular formula is C15H14N2O2. The van der Waals surface area contributed by atoms with Crippen LogP contribution in [0.15, 0.2) is 53.5 Å². The van der Waals surface area contributed by atoms with Gasteiger partial charge >= 0.3 is 0 Å². The van der Waals surface area contributed by atoms with E-state index in [0.717, 1.165) is 0 Å². The van der Waals surface area contributed by atoms with Crippen molar-refractivity contribution in [1.82, 2.24) is 0 Å². The summed E-state index contributed by atoms with van der Waals surface area (Å²) in [6.07, 6.45) is 1.58. The number of nitrogens with zero attached hydrogens (tertiary/aromatic N) is 1. The summed E-state index contributed by atoms with van der Waals surface area (Å²) in [5.41, 5.74) is 7.21. The molecule has 4 heteroatoms. The molecule has 3 N–H and O–H groups in total. The maximum Gasteiger partial charge on any atom is 0.176 e. The molecule has 0 aromatic heterocycles. The highest BCUT2D eigenvalue weighted by Crippen LogP contribution is 2.16. The number of nitrogens with two attached hydrogens (primary N) is 1. The van der Waals surface area contributed by atoms with Gasteiger partial charge in [0.2, 0.25) is 0 Å². The fraction of sp³-hybridized carbons (Fsp3) is 0.0667. The van der Waals surface area contributed by atoms with Gasteiger partial charge in [-0.1, -0.05) is 12.1 Å². The summed E-state index contributed by atoms with van der Waals surface area (Å²) >= 11 is 0. The van der Waals surface area contributed by atoms with Crippen LogP contribution in [0, 0.1) is 0 Å². The molecule has 19 heavy (non-hydrogen) atoms. The number of aliphatic imine (C=N–C) groups is 1. The minimum absolute atomic E-state index is 0.000498. The van der Waals surface area contributed by atoms with E-state index in [2.05, 4.69) is 4.99 Å². The van der Waals surface area contributed by atoms with Gasteiger partial charge < -0.3 is 10.8 Å². The smallest absolute Gasteiger partial charge is 0.176 e. The van der Waals surface area contributed by atoms with Gasteiger partial charge in [0.25, 0.3) is 0 Å². The van der Waals surface area contributed by atoms with Crippen LogP contribution in [-0.4, -0.2) is 23.6 Å². The number of ketones is 1. The highest BCUT2D eigenvalue weighted by Gasteiger charge is 2.02. The second kappa shape index (κ2) is 5.93. The van der Waals surface area contributed by atoms with Gasteiger partial charge in [-0.15, -0.1) is 0 Å². The third-order valence-electron chi connectivity index (χ3n) is 2.66. The Bertz CT molecular complexity index is 604. The van der Waals surface area contributed by atoms with Crippen LogP contribution >= 0.6 is 0 Å². The van der Waals surface area contributed by atoms with Crippen molar-refractivity contribution in [3.63, 3.8) is 0 Å². The monoisotopic (exact) mass is 254 g/mol. The van der Waals surface area contributed by atoms with Gasteiger partial charge in [-0.2, -0.15) is 0 Å². The Morgan fingerprint density at radius 1 is 1.16 bits per heavy atom. The van der Waals surface area contributed by atoms with E-state index in [-0.39, 0.29) is 18.1 Å². The van der Waals surface area contributed by atoms with Crippen molar-refractivity contribution >= 4 is 17.7 Å². The third-order valence-corrected chi connectivity index (χ3v) is 2.66. The zero-order valence-electron chi connectivity index (χ0n) is 10.3. The second-order valence-corrected chi connectivity index (χ2v) is 3.99. The molecule has 4 nitrogen and oxygen atoms in total. The summed E-state index contributed by atoms with van der Waals surface area (Å²) in [5.74, 6) is 0.0809. The van der Waals surface area contributed by atoms with E-state index in [0.29, 0.717) is 16.8 Å². The first-order valence-electron chi connectivity index (χ1n) is 5.86. The van der Waals surface area contributed by atoms with Crippen LogP contribution in [0.4, 0.5) is 5.69 Å². The Kier molecular flexibility index (Phi) is 4.05. The summed E-state index contributed by atoms with van der Waals surface area (Å²) in [6.45, 7) is 0.000498. The second-order valence-electron chi connectivity index (χ2n) is 3.99. The van der Waals surface area contributed by atoms with Crippen LogP contribution in [0.5, 0.6) is 5.75 Å². The first-order valence-corrected chi connectivity index (χ1v) is 5.86. The molecule has 0 heterocycles. The lowest BCUT2D eigenvalue weighted by molar-refractivity contribution is 0.100. The molecule has 0 atom stereocenters. The average molecular weight is 254 g/mol. The molecule has 96 valence electrons. The first-order chi connectivity index (χ1) is 9.20. The molecule has 0 aliphatic carbocycles. The summed E-state index contributed by atoms with van der Waals surface area (Å²) in [7, 11) is 0. The lowest BCUT2D eigenvalue weighted by Crippen LogP contribution is -2.13. The van der Waals surface area contributed by atoms with Crippen molar-refractivity contribution in [3.8, 4) is 5.75 Å². The molecule has 0 bridgehead atoms. The van der Waals surface area contributed by atoms with Crippen LogP contribution in [-0.2, 0) is 0 Å². The molecule has 2 rings (SSSR count). The van der Waals surface area contributed by atoms with E-state index in [4.69, 9.17) is 5.73 Å². The Morgan fingerprint density at radius 2 is 1.84 bits per heavy atom. The van der Waals surface area contributed by atoms with Gasteiger partial charge in [-0.05, 0) is 36.4 Å². The number of benzene rings is 2. The number of rotatable bonds is 4. The fourth-order valence-corrected chi connectivity index (χ4v) is 1.59. The number of phenolic OH excluding ortho intramolecular Hbond substituents is 1. The Morgan fingerprint density at radius 3 is 2.47 bits per heavy atom. The molecule has 0 aliphatic rings. The van der Waals surface area contributed by atoms with E-state index in [9.17, 15) is 9.90 Å². The SMILES string of the molecule is NCC(=O)c1ccc(N=Cc2ccccc2O)cc1. The molecule has 0 saturated carbocycles. The van der Waals surface area contributed by atoms with Crippen LogP contribution in [0.25, 0.3) is 0 Å². The minimum atomic E-state index is -0.101. The molecule has 0 spiro atoms. The number of carbonyl (C=O) groups is 1. The first kappa shape index (κ1) is 13.0. The average Bonchev–Trinajstić information content (AvgIpc) is 2.46. The predicted octanol–water partition coefficient (Wildman–Crippen LogP) is 2.28. The van der Waals surface area contributed by atoms with Crippen LogP contribution < -0.4 is 5.73 Å². The molecule has 0 amide bonds. The lowest BCUT2D eigenvalue weighted by atomic mass is 10.1. The van der Waals surface area contributed by atoms with E-state index < -0.39 is 0 Å². The zero-order chi connectivity index (χ0) is 13.7. The Labute approximate surface area is 111 Å². The normalized spacial score (nSPS) is 10.8. The molecule has 0 radical (unpaired) electrons. The van der Waals surface area contributed by atoms with Crippen molar-refractivity contribution in [1.29, 1.82) is 0 Å². The predicted molar refractivity (Wildman–Crippen MR) is 75.2 cm³/mol. The zero-order valence-corrected chi connectivity index (χ0v) is 10.3. The number of Topliss-reactive ketones (excluding diaryl/α,β-unsaturated/α-hetero) is 1. The van der Waals surface area contributed by atoms with Crippen molar-refractivity contribution in [2.45, 2.75) is 0 Å². The summed E-state index contributed by atoms with van der Waals surface area (Å²) in [6, 6.07) is 13.8. The quantitative estimate of drug-likeness (QED) is 0.649.